The Morgan fingerprint density at radius 3 is 3.00 bits per heavy atom. The van der Waals surface area contributed by atoms with Crippen molar-refractivity contribution in [2.24, 2.45) is 0 Å². The van der Waals surface area contributed by atoms with Gasteiger partial charge in [0.05, 0.1) is 18.1 Å². The molecule has 88 valence electrons. The Kier molecular flexibility index (Phi) is 3.16. The molecule has 1 atom stereocenters. The van der Waals surface area contributed by atoms with E-state index in [2.05, 4.69) is 40.9 Å². The fourth-order valence-electron chi connectivity index (χ4n) is 2.01. The van der Waals surface area contributed by atoms with Gasteiger partial charge in [0.2, 0.25) is 0 Å². The van der Waals surface area contributed by atoms with E-state index in [9.17, 15) is 0 Å². The van der Waals surface area contributed by atoms with Gasteiger partial charge in [-0.05, 0) is 5.56 Å². The van der Waals surface area contributed by atoms with E-state index < -0.39 is 0 Å². The standard InChI is InChI=1S/C13H15N3S/c1-2-4-11(5-3-1)9-16-10-12(8-15-16)13-14-6-7-17-13/h1-5,8,10,13-14H,6-7,9H2. The molecule has 0 radical (unpaired) electrons. The third kappa shape index (κ3) is 2.53. The third-order valence-electron chi connectivity index (χ3n) is 2.86. The van der Waals surface area contributed by atoms with E-state index in [-0.39, 0.29) is 0 Å². The first-order valence-corrected chi connectivity index (χ1v) is 6.88. The maximum atomic E-state index is 4.42. The van der Waals surface area contributed by atoms with E-state index in [1.807, 2.05) is 28.7 Å². The van der Waals surface area contributed by atoms with Gasteiger partial charge in [-0.15, -0.1) is 11.8 Å². The van der Waals surface area contributed by atoms with Crippen LogP contribution in [0.1, 0.15) is 16.5 Å². The summed E-state index contributed by atoms with van der Waals surface area (Å²) in [5, 5.41) is 8.31. The van der Waals surface area contributed by atoms with Crippen LogP contribution in [0, 0.1) is 0 Å². The van der Waals surface area contributed by atoms with Gasteiger partial charge in [0.15, 0.2) is 0 Å². The molecule has 0 amide bonds. The minimum absolute atomic E-state index is 0.430. The predicted octanol–water partition coefficient (Wildman–Crippen LogP) is 2.27. The summed E-state index contributed by atoms with van der Waals surface area (Å²) in [6, 6.07) is 10.4. The Balaban J connectivity index is 1.72. The van der Waals surface area contributed by atoms with Crippen LogP contribution in [0.5, 0.6) is 0 Å². The molecule has 0 saturated carbocycles. The molecule has 1 saturated heterocycles. The van der Waals surface area contributed by atoms with Gasteiger partial charge in [-0.1, -0.05) is 30.3 Å². The number of hydrogen-bond donors (Lipinski definition) is 1. The Labute approximate surface area is 105 Å². The molecule has 1 aromatic heterocycles. The highest BCUT2D eigenvalue weighted by molar-refractivity contribution is 7.99. The predicted molar refractivity (Wildman–Crippen MR) is 71.0 cm³/mol. The van der Waals surface area contributed by atoms with Crippen LogP contribution in [-0.4, -0.2) is 22.1 Å². The maximum absolute atomic E-state index is 4.42. The lowest BCUT2D eigenvalue weighted by Crippen LogP contribution is -2.11. The Bertz CT molecular complexity index is 474. The number of aromatic nitrogens is 2. The molecule has 1 fully saturated rings. The summed E-state index contributed by atoms with van der Waals surface area (Å²) >= 11 is 1.95. The Hall–Kier alpha value is -1.26. The van der Waals surface area contributed by atoms with Gasteiger partial charge < -0.3 is 5.32 Å². The van der Waals surface area contributed by atoms with Crippen molar-refractivity contribution < 1.29 is 0 Å². The number of nitrogens with one attached hydrogen (secondary N) is 1. The third-order valence-corrected chi connectivity index (χ3v) is 4.07. The second-order valence-electron chi connectivity index (χ2n) is 4.16. The summed E-state index contributed by atoms with van der Waals surface area (Å²) in [5.74, 6) is 1.19. The van der Waals surface area contributed by atoms with Gasteiger partial charge in [-0.25, -0.2) is 0 Å². The average molecular weight is 245 g/mol. The first-order chi connectivity index (χ1) is 8.42. The van der Waals surface area contributed by atoms with Crippen LogP contribution in [0.25, 0.3) is 0 Å². The lowest BCUT2D eigenvalue weighted by molar-refractivity contribution is 0.684. The number of hydrogen-bond acceptors (Lipinski definition) is 3. The summed E-state index contributed by atoms with van der Waals surface area (Å²) in [7, 11) is 0. The zero-order valence-corrected chi connectivity index (χ0v) is 10.4. The number of benzene rings is 1. The molecule has 1 aliphatic rings. The zero-order chi connectivity index (χ0) is 11.5. The molecular weight excluding hydrogens is 230 g/mol. The molecule has 4 heteroatoms. The van der Waals surface area contributed by atoms with E-state index in [0.29, 0.717) is 5.37 Å². The smallest absolute Gasteiger partial charge is 0.0820 e. The molecule has 0 aliphatic carbocycles. The maximum Gasteiger partial charge on any atom is 0.0820 e. The largest absolute Gasteiger partial charge is 0.301 e. The molecule has 3 rings (SSSR count). The first-order valence-electron chi connectivity index (χ1n) is 5.83. The van der Waals surface area contributed by atoms with Crippen LogP contribution in [0.2, 0.25) is 0 Å². The first kappa shape index (κ1) is 10.9. The molecular formula is C13H15N3S. The van der Waals surface area contributed by atoms with Crippen molar-refractivity contribution in [3.63, 3.8) is 0 Å². The quantitative estimate of drug-likeness (QED) is 0.899. The second-order valence-corrected chi connectivity index (χ2v) is 5.37. The molecule has 1 aromatic carbocycles. The second kappa shape index (κ2) is 4.94. The molecule has 0 bridgehead atoms. The van der Waals surface area contributed by atoms with Crippen molar-refractivity contribution in [3.05, 3.63) is 53.9 Å². The summed E-state index contributed by atoms with van der Waals surface area (Å²) < 4.78 is 2.01. The summed E-state index contributed by atoms with van der Waals surface area (Å²) in [6.45, 7) is 1.94. The summed E-state index contributed by atoms with van der Waals surface area (Å²) in [6.07, 6.45) is 4.11. The van der Waals surface area contributed by atoms with Gasteiger partial charge in [0.1, 0.15) is 0 Å². The molecule has 2 heterocycles. The number of thioether (sulfide) groups is 1. The van der Waals surface area contributed by atoms with Gasteiger partial charge in [0.25, 0.3) is 0 Å². The van der Waals surface area contributed by atoms with Crippen LogP contribution in [0.4, 0.5) is 0 Å². The van der Waals surface area contributed by atoms with Crippen molar-refractivity contribution in [1.82, 2.24) is 15.1 Å². The van der Waals surface area contributed by atoms with E-state index in [1.165, 1.54) is 16.9 Å². The Morgan fingerprint density at radius 2 is 2.24 bits per heavy atom. The highest BCUT2D eigenvalue weighted by atomic mass is 32.2. The van der Waals surface area contributed by atoms with E-state index in [0.717, 1.165) is 13.1 Å². The van der Waals surface area contributed by atoms with Crippen LogP contribution in [0.15, 0.2) is 42.7 Å². The lowest BCUT2D eigenvalue weighted by Gasteiger charge is -2.05. The van der Waals surface area contributed by atoms with Crippen LogP contribution < -0.4 is 5.32 Å². The minimum atomic E-state index is 0.430. The molecule has 3 nitrogen and oxygen atoms in total. The SMILES string of the molecule is c1ccc(Cn2cc(C3NCCS3)cn2)cc1. The van der Waals surface area contributed by atoms with Gasteiger partial charge in [0, 0.05) is 24.1 Å². The Morgan fingerprint density at radius 1 is 1.35 bits per heavy atom. The molecule has 0 spiro atoms. The summed E-state index contributed by atoms with van der Waals surface area (Å²) in [4.78, 5) is 0. The normalized spacial score (nSPS) is 19.6. The topological polar surface area (TPSA) is 29.9 Å². The van der Waals surface area contributed by atoms with Crippen molar-refractivity contribution in [3.8, 4) is 0 Å². The van der Waals surface area contributed by atoms with Crippen molar-refractivity contribution in [2.45, 2.75) is 11.9 Å². The fourth-order valence-corrected chi connectivity index (χ4v) is 3.03. The van der Waals surface area contributed by atoms with E-state index >= 15 is 0 Å². The highest BCUT2D eigenvalue weighted by Crippen LogP contribution is 2.29. The fraction of sp³-hybridized carbons (Fsp3) is 0.308. The molecule has 1 aliphatic heterocycles. The molecule has 1 N–H and O–H groups in total. The summed E-state index contributed by atoms with van der Waals surface area (Å²) in [5.41, 5.74) is 2.57. The van der Waals surface area contributed by atoms with Crippen molar-refractivity contribution in [1.29, 1.82) is 0 Å². The molecule has 17 heavy (non-hydrogen) atoms. The van der Waals surface area contributed by atoms with Crippen molar-refractivity contribution in [2.75, 3.05) is 12.3 Å². The zero-order valence-electron chi connectivity index (χ0n) is 9.54. The number of rotatable bonds is 3. The molecule has 2 aromatic rings. The highest BCUT2D eigenvalue weighted by Gasteiger charge is 2.17. The van der Waals surface area contributed by atoms with E-state index in [1.54, 1.807) is 0 Å². The number of nitrogens with zero attached hydrogens (tertiary/aromatic N) is 2. The van der Waals surface area contributed by atoms with Crippen LogP contribution >= 0.6 is 11.8 Å². The van der Waals surface area contributed by atoms with E-state index in [4.69, 9.17) is 0 Å². The van der Waals surface area contributed by atoms with Gasteiger partial charge in [-0.3, -0.25) is 4.68 Å². The van der Waals surface area contributed by atoms with Crippen LogP contribution in [0.3, 0.4) is 0 Å². The van der Waals surface area contributed by atoms with Gasteiger partial charge in [-0.2, -0.15) is 5.10 Å². The van der Waals surface area contributed by atoms with Crippen LogP contribution in [-0.2, 0) is 6.54 Å². The molecule has 1 unspecified atom stereocenters. The van der Waals surface area contributed by atoms with Gasteiger partial charge >= 0.3 is 0 Å². The lowest BCUT2D eigenvalue weighted by atomic mass is 10.2. The van der Waals surface area contributed by atoms with Crippen molar-refractivity contribution >= 4 is 11.8 Å². The average Bonchev–Trinajstić information content (AvgIpc) is 3.00. The monoisotopic (exact) mass is 245 g/mol. The minimum Gasteiger partial charge on any atom is -0.301 e.